The lowest BCUT2D eigenvalue weighted by molar-refractivity contribution is 0.599. The van der Waals surface area contributed by atoms with Crippen molar-refractivity contribution >= 4 is 45.6 Å². The standard InChI is InChI=1S/C16H18N6S.C5H5NS/c1-21(2)14-5-3-4-11-6-13(20-15(11)14)16-18-7-12(23-16)8-22-10-17-9-19-22;7-5-3-1-2-4-6-5/h3-6,9-10,12,20H,7-8H2,1-2H3;1-4H,(H,6,7). The summed E-state index contributed by atoms with van der Waals surface area (Å²) in [5, 5.41) is 6.88. The maximum atomic E-state index is 4.76. The van der Waals surface area contributed by atoms with Gasteiger partial charge in [-0.25, -0.2) is 4.98 Å². The lowest BCUT2D eigenvalue weighted by Crippen LogP contribution is -2.14. The summed E-state index contributed by atoms with van der Waals surface area (Å²) in [7, 11) is 4.12. The molecule has 0 amide bonds. The second kappa shape index (κ2) is 9.27. The monoisotopic (exact) mass is 437 g/mol. The Balaban J connectivity index is 0.000000265. The van der Waals surface area contributed by atoms with E-state index >= 15 is 0 Å². The summed E-state index contributed by atoms with van der Waals surface area (Å²) in [6.45, 7) is 1.65. The van der Waals surface area contributed by atoms with E-state index in [-0.39, 0.29) is 0 Å². The van der Waals surface area contributed by atoms with E-state index in [4.69, 9.17) is 17.2 Å². The van der Waals surface area contributed by atoms with E-state index < -0.39 is 0 Å². The molecule has 0 spiro atoms. The molecule has 1 aliphatic heterocycles. The van der Waals surface area contributed by atoms with Gasteiger partial charge in [0.05, 0.1) is 35.2 Å². The second-order valence-corrected chi connectivity index (χ2v) is 8.78. The molecule has 4 aromatic rings. The highest BCUT2D eigenvalue weighted by atomic mass is 32.2. The van der Waals surface area contributed by atoms with Gasteiger partial charge in [-0.2, -0.15) is 5.10 Å². The fraction of sp³-hybridized carbons (Fsp3) is 0.238. The molecule has 0 radical (unpaired) electrons. The lowest BCUT2D eigenvalue weighted by atomic mass is 10.2. The summed E-state index contributed by atoms with van der Waals surface area (Å²) in [5.41, 5.74) is 3.45. The molecular weight excluding hydrogens is 414 g/mol. The molecule has 0 aliphatic carbocycles. The first-order valence-corrected chi connectivity index (χ1v) is 10.9. The molecule has 2 N–H and O–H groups in total. The van der Waals surface area contributed by atoms with E-state index in [2.05, 4.69) is 63.3 Å². The zero-order chi connectivity index (χ0) is 20.9. The minimum absolute atomic E-state index is 0.409. The molecule has 0 fully saturated rings. The molecule has 0 saturated heterocycles. The van der Waals surface area contributed by atoms with Crippen LogP contribution in [0, 0.1) is 4.64 Å². The first-order chi connectivity index (χ1) is 14.6. The van der Waals surface area contributed by atoms with Crippen molar-refractivity contribution in [2.75, 3.05) is 25.5 Å². The van der Waals surface area contributed by atoms with Crippen molar-refractivity contribution in [3.63, 3.8) is 0 Å². The topological polar surface area (TPSA) is 77.9 Å². The molecule has 1 aliphatic rings. The number of H-pyrrole nitrogens is 2. The van der Waals surface area contributed by atoms with Gasteiger partial charge in [0.25, 0.3) is 0 Å². The number of aromatic amines is 2. The fourth-order valence-electron chi connectivity index (χ4n) is 3.20. The average Bonchev–Trinajstić information content (AvgIpc) is 3.49. The summed E-state index contributed by atoms with van der Waals surface area (Å²) >= 11 is 6.56. The smallest absolute Gasteiger partial charge is 0.137 e. The van der Waals surface area contributed by atoms with Crippen LogP contribution in [-0.2, 0) is 6.54 Å². The number of hydrogen-bond acceptors (Lipinski definition) is 6. The summed E-state index contributed by atoms with van der Waals surface area (Å²) in [6.07, 6.45) is 5.13. The van der Waals surface area contributed by atoms with Crippen LogP contribution in [0.4, 0.5) is 5.69 Å². The van der Waals surface area contributed by atoms with E-state index in [9.17, 15) is 0 Å². The quantitative estimate of drug-likeness (QED) is 0.470. The van der Waals surface area contributed by atoms with Crippen molar-refractivity contribution in [2.24, 2.45) is 4.99 Å². The van der Waals surface area contributed by atoms with E-state index in [0.717, 1.165) is 34.0 Å². The molecule has 30 heavy (non-hydrogen) atoms. The van der Waals surface area contributed by atoms with Crippen molar-refractivity contribution < 1.29 is 0 Å². The van der Waals surface area contributed by atoms with E-state index in [1.807, 2.05) is 40.8 Å². The number of nitrogens with zero attached hydrogens (tertiary/aromatic N) is 5. The van der Waals surface area contributed by atoms with Gasteiger partial charge in [0, 0.05) is 25.7 Å². The highest BCUT2D eigenvalue weighted by Gasteiger charge is 2.23. The lowest BCUT2D eigenvalue weighted by Gasteiger charge is -2.13. The third kappa shape index (κ3) is 4.80. The summed E-state index contributed by atoms with van der Waals surface area (Å²) in [5.74, 6) is 0. The maximum Gasteiger partial charge on any atom is 0.137 e. The summed E-state index contributed by atoms with van der Waals surface area (Å²) in [6, 6.07) is 14.2. The number of hydrogen-bond donors (Lipinski definition) is 2. The van der Waals surface area contributed by atoms with Gasteiger partial charge in [0.1, 0.15) is 22.3 Å². The average molecular weight is 438 g/mol. The van der Waals surface area contributed by atoms with Crippen LogP contribution in [0.25, 0.3) is 10.9 Å². The third-order valence-corrected chi connectivity index (χ3v) is 6.06. The van der Waals surface area contributed by atoms with Gasteiger partial charge in [0.15, 0.2) is 0 Å². The minimum atomic E-state index is 0.409. The zero-order valence-electron chi connectivity index (χ0n) is 16.8. The van der Waals surface area contributed by atoms with Crippen LogP contribution < -0.4 is 4.90 Å². The van der Waals surface area contributed by atoms with Crippen molar-refractivity contribution in [1.29, 1.82) is 0 Å². The van der Waals surface area contributed by atoms with Gasteiger partial charge in [-0.3, -0.25) is 9.67 Å². The van der Waals surface area contributed by atoms with Gasteiger partial charge >= 0.3 is 0 Å². The number of rotatable bonds is 4. The van der Waals surface area contributed by atoms with E-state index in [1.54, 1.807) is 12.7 Å². The van der Waals surface area contributed by atoms with E-state index in [0.29, 0.717) is 5.25 Å². The van der Waals surface area contributed by atoms with Crippen molar-refractivity contribution in [1.82, 2.24) is 24.7 Å². The minimum Gasteiger partial charge on any atom is -0.376 e. The van der Waals surface area contributed by atoms with Crippen LogP contribution >= 0.6 is 24.0 Å². The van der Waals surface area contributed by atoms with Gasteiger partial charge < -0.3 is 14.9 Å². The third-order valence-electron chi connectivity index (χ3n) is 4.60. The molecular formula is C21H23N7S2. The number of thioether (sulfide) groups is 1. The summed E-state index contributed by atoms with van der Waals surface area (Å²) < 4.78 is 2.65. The van der Waals surface area contributed by atoms with Crippen LogP contribution in [0.1, 0.15) is 5.69 Å². The van der Waals surface area contributed by atoms with Gasteiger partial charge in [-0.05, 0) is 24.3 Å². The number of benzene rings is 1. The molecule has 154 valence electrons. The highest BCUT2D eigenvalue weighted by molar-refractivity contribution is 8.15. The molecule has 0 saturated carbocycles. The Morgan fingerprint density at radius 3 is 2.80 bits per heavy atom. The number of para-hydroxylation sites is 1. The number of aromatic nitrogens is 5. The van der Waals surface area contributed by atoms with Gasteiger partial charge in [-0.15, -0.1) is 0 Å². The van der Waals surface area contributed by atoms with E-state index in [1.165, 1.54) is 11.1 Å². The SMILES string of the molecule is CN(C)c1cccc2cc(C3=NCC(Cn4cncn4)S3)[nH]c12.S=c1cccc[nH]1. The predicted octanol–water partition coefficient (Wildman–Crippen LogP) is 4.13. The molecule has 4 heterocycles. The van der Waals surface area contributed by atoms with Gasteiger partial charge in [0.2, 0.25) is 0 Å². The number of aliphatic imine (C=N–C) groups is 1. The fourth-order valence-corrected chi connectivity index (χ4v) is 4.43. The summed E-state index contributed by atoms with van der Waals surface area (Å²) in [4.78, 5) is 17.2. The van der Waals surface area contributed by atoms with Crippen LogP contribution in [0.2, 0.25) is 0 Å². The Labute approximate surface area is 184 Å². The predicted molar refractivity (Wildman–Crippen MR) is 127 cm³/mol. The molecule has 9 heteroatoms. The molecule has 1 unspecified atom stereocenters. The van der Waals surface area contributed by atoms with Gasteiger partial charge in [-0.1, -0.05) is 42.2 Å². The Hall–Kier alpha value is -2.91. The largest absolute Gasteiger partial charge is 0.376 e. The molecule has 7 nitrogen and oxygen atoms in total. The zero-order valence-corrected chi connectivity index (χ0v) is 18.5. The Morgan fingerprint density at radius 2 is 2.13 bits per heavy atom. The Morgan fingerprint density at radius 1 is 1.23 bits per heavy atom. The maximum absolute atomic E-state index is 4.76. The van der Waals surface area contributed by atoms with Crippen LogP contribution in [0.5, 0.6) is 0 Å². The van der Waals surface area contributed by atoms with Crippen LogP contribution in [-0.4, -0.2) is 55.7 Å². The highest BCUT2D eigenvalue weighted by Crippen LogP contribution is 2.31. The molecule has 0 bridgehead atoms. The van der Waals surface area contributed by atoms with Crippen LogP contribution in [0.15, 0.2) is 66.3 Å². The molecule has 3 aromatic heterocycles. The Kier molecular flexibility index (Phi) is 6.29. The normalized spacial score (nSPS) is 15.5. The number of nitrogens with one attached hydrogen (secondary N) is 2. The second-order valence-electron chi connectivity index (χ2n) is 7.05. The van der Waals surface area contributed by atoms with Crippen molar-refractivity contribution in [3.05, 3.63) is 71.7 Å². The first-order valence-electron chi connectivity index (χ1n) is 9.57. The number of pyridine rings is 1. The van der Waals surface area contributed by atoms with Crippen molar-refractivity contribution in [2.45, 2.75) is 11.8 Å². The molecule has 5 rings (SSSR count). The molecule has 1 atom stereocenters. The molecule has 1 aromatic carbocycles. The van der Waals surface area contributed by atoms with Crippen molar-refractivity contribution in [3.8, 4) is 0 Å². The number of fused-ring (bicyclic) bond motifs is 1. The Bertz CT molecular complexity index is 1170. The number of anilines is 1. The van der Waals surface area contributed by atoms with Crippen LogP contribution in [0.3, 0.4) is 0 Å². The first kappa shape index (κ1) is 20.4.